The largest absolute Gasteiger partial charge is 0.319 e. The van der Waals surface area contributed by atoms with E-state index in [9.17, 15) is 0 Å². The molecule has 0 aliphatic heterocycles. The topological polar surface area (TPSA) is 12.0 Å². The SMILES string of the molecule is CNCCC1=CC=C(Br)CC1. The number of hydrogen-bond donors (Lipinski definition) is 1. The van der Waals surface area contributed by atoms with Crippen LogP contribution in [0.25, 0.3) is 0 Å². The van der Waals surface area contributed by atoms with Gasteiger partial charge < -0.3 is 5.32 Å². The van der Waals surface area contributed by atoms with Crippen LogP contribution in [0, 0.1) is 0 Å². The van der Waals surface area contributed by atoms with E-state index in [2.05, 4.69) is 33.4 Å². The second-order valence-electron chi connectivity index (χ2n) is 2.79. The van der Waals surface area contributed by atoms with Crippen molar-refractivity contribution >= 4 is 15.9 Å². The van der Waals surface area contributed by atoms with Crippen molar-refractivity contribution in [1.82, 2.24) is 5.32 Å². The Morgan fingerprint density at radius 1 is 1.45 bits per heavy atom. The first-order chi connectivity index (χ1) is 5.33. The van der Waals surface area contributed by atoms with E-state index in [1.807, 2.05) is 7.05 Å². The van der Waals surface area contributed by atoms with Gasteiger partial charge in [0.15, 0.2) is 0 Å². The first kappa shape index (κ1) is 9.01. The first-order valence-corrected chi connectivity index (χ1v) is 4.81. The second kappa shape index (κ2) is 4.73. The van der Waals surface area contributed by atoms with Crippen LogP contribution in [0.2, 0.25) is 0 Å². The third-order valence-corrected chi connectivity index (χ3v) is 2.54. The fourth-order valence-electron chi connectivity index (χ4n) is 1.15. The molecule has 0 bridgehead atoms. The summed E-state index contributed by atoms with van der Waals surface area (Å²) in [4.78, 5) is 0. The van der Waals surface area contributed by atoms with Gasteiger partial charge in [0, 0.05) is 0 Å². The summed E-state index contributed by atoms with van der Waals surface area (Å²) in [5.41, 5.74) is 1.56. The molecule has 0 saturated carbocycles. The van der Waals surface area contributed by atoms with Gasteiger partial charge in [-0.15, -0.1) is 0 Å². The molecule has 1 aliphatic rings. The van der Waals surface area contributed by atoms with E-state index in [4.69, 9.17) is 0 Å². The summed E-state index contributed by atoms with van der Waals surface area (Å²) in [5.74, 6) is 0. The Hall–Kier alpha value is -0.0800. The maximum atomic E-state index is 3.48. The number of allylic oxidation sites excluding steroid dienone is 3. The average molecular weight is 216 g/mol. The predicted molar refractivity (Wildman–Crippen MR) is 52.9 cm³/mol. The first-order valence-electron chi connectivity index (χ1n) is 4.01. The lowest BCUT2D eigenvalue weighted by Gasteiger charge is -2.10. The summed E-state index contributed by atoms with van der Waals surface area (Å²) in [6.07, 6.45) is 7.97. The lowest BCUT2D eigenvalue weighted by atomic mass is 10.0. The molecule has 0 amide bonds. The molecule has 0 spiro atoms. The highest BCUT2D eigenvalue weighted by Crippen LogP contribution is 2.23. The molecular weight excluding hydrogens is 202 g/mol. The van der Waals surface area contributed by atoms with Crippen molar-refractivity contribution in [3.8, 4) is 0 Å². The minimum absolute atomic E-state index is 1.09. The number of halogens is 1. The van der Waals surface area contributed by atoms with E-state index in [0.29, 0.717) is 0 Å². The molecule has 0 atom stereocenters. The van der Waals surface area contributed by atoms with Gasteiger partial charge in [-0.05, 0) is 37.3 Å². The van der Waals surface area contributed by atoms with Gasteiger partial charge in [0.1, 0.15) is 0 Å². The second-order valence-corrected chi connectivity index (χ2v) is 3.81. The zero-order valence-electron chi connectivity index (χ0n) is 6.86. The quantitative estimate of drug-likeness (QED) is 0.764. The van der Waals surface area contributed by atoms with Crippen molar-refractivity contribution in [2.24, 2.45) is 0 Å². The molecule has 0 unspecified atom stereocenters. The van der Waals surface area contributed by atoms with E-state index < -0.39 is 0 Å². The predicted octanol–water partition coefficient (Wildman–Crippen LogP) is 2.59. The molecule has 0 aromatic carbocycles. The summed E-state index contributed by atoms with van der Waals surface area (Å²) in [5, 5.41) is 3.15. The Labute approximate surface area is 76.7 Å². The summed E-state index contributed by atoms with van der Waals surface area (Å²) in [7, 11) is 2.00. The molecule has 1 nitrogen and oxygen atoms in total. The fraction of sp³-hybridized carbons (Fsp3) is 0.556. The van der Waals surface area contributed by atoms with Crippen LogP contribution in [-0.2, 0) is 0 Å². The maximum Gasteiger partial charge on any atom is -0.00145 e. The molecule has 1 rings (SSSR count). The summed E-state index contributed by atoms with van der Waals surface area (Å²) in [6, 6.07) is 0. The summed E-state index contributed by atoms with van der Waals surface area (Å²) < 4.78 is 1.32. The zero-order valence-corrected chi connectivity index (χ0v) is 8.45. The minimum Gasteiger partial charge on any atom is -0.319 e. The van der Waals surface area contributed by atoms with E-state index in [0.717, 1.165) is 6.54 Å². The van der Waals surface area contributed by atoms with Gasteiger partial charge in [0.2, 0.25) is 0 Å². The van der Waals surface area contributed by atoms with E-state index in [-0.39, 0.29) is 0 Å². The molecule has 0 aromatic rings. The van der Waals surface area contributed by atoms with Gasteiger partial charge in [0.05, 0.1) is 0 Å². The van der Waals surface area contributed by atoms with Gasteiger partial charge in [-0.3, -0.25) is 0 Å². The molecule has 62 valence electrons. The molecule has 0 aromatic heterocycles. The van der Waals surface area contributed by atoms with Crippen LogP contribution < -0.4 is 5.32 Å². The highest BCUT2D eigenvalue weighted by atomic mass is 79.9. The zero-order chi connectivity index (χ0) is 8.10. The lowest BCUT2D eigenvalue weighted by molar-refractivity contribution is 0.752. The monoisotopic (exact) mass is 215 g/mol. The molecule has 1 aliphatic carbocycles. The van der Waals surface area contributed by atoms with Crippen molar-refractivity contribution in [3.63, 3.8) is 0 Å². The smallest absolute Gasteiger partial charge is 0.00145 e. The molecule has 0 saturated heterocycles. The molecular formula is C9H14BrN. The van der Waals surface area contributed by atoms with Crippen molar-refractivity contribution < 1.29 is 0 Å². The Kier molecular flexibility index (Phi) is 3.87. The van der Waals surface area contributed by atoms with Crippen LogP contribution in [-0.4, -0.2) is 13.6 Å². The minimum atomic E-state index is 1.09. The molecule has 0 fully saturated rings. The maximum absolute atomic E-state index is 3.48. The normalized spacial score (nSPS) is 17.6. The Morgan fingerprint density at radius 3 is 2.82 bits per heavy atom. The van der Waals surface area contributed by atoms with Crippen molar-refractivity contribution in [3.05, 3.63) is 22.2 Å². The van der Waals surface area contributed by atoms with Crippen LogP contribution in [0.5, 0.6) is 0 Å². The van der Waals surface area contributed by atoms with Crippen molar-refractivity contribution in [2.75, 3.05) is 13.6 Å². The number of rotatable bonds is 3. The summed E-state index contributed by atoms with van der Waals surface area (Å²) in [6.45, 7) is 1.09. The Balaban J connectivity index is 2.35. The average Bonchev–Trinajstić information content (AvgIpc) is 2.04. The number of hydrogen-bond acceptors (Lipinski definition) is 1. The van der Waals surface area contributed by atoms with E-state index in [1.165, 1.54) is 23.7 Å². The van der Waals surface area contributed by atoms with Crippen LogP contribution in [0.15, 0.2) is 22.2 Å². The van der Waals surface area contributed by atoms with Gasteiger partial charge in [0.25, 0.3) is 0 Å². The summed E-state index contributed by atoms with van der Waals surface area (Å²) >= 11 is 3.48. The van der Waals surface area contributed by atoms with Crippen molar-refractivity contribution in [1.29, 1.82) is 0 Å². The van der Waals surface area contributed by atoms with E-state index >= 15 is 0 Å². The van der Waals surface area contributed by atoms with Crippen LogP contribution in [0.4, 0.5) is 0 Å². The van der Waals surface area contributed by atoms with Gasteiger partial charge in [-0.2, -0.15) is 0 Å². The third kappa shape index (κ3) is 3.21. The molecule has 11 heavy (non-hydrogen) atoms. The molecule has 0 radical (unpaired) electrons. The van der Waals surface area contributed by atoms with Gasteiger partial charge >= 0.3 is 0 Å². The molecule has 0 heterocycles. The van der Waals surface area contributed by atoms with Crippen LogP contribution >= 0.6 is 15.9 Å². The third-order valence-electron chi connectivity index (χ3n) is 1.88. The highest BCUT2D eigenvalue weighted by molar-refractivity contribution is 9.11. The van der Waals surface area contributed by atoms with Gasteiger partial charge in [-0.1, -0.05) is 33.7 Å². The van der Waals surface area contributed by atoms with Crippen LogP contribution in [0.3, 0.4) is 0 Å². The fourth-order valence-corrected chi connectivity index (χ4v) is 1.48. The Bertz CT molecular complexity index is 182. The molecule has 2 heteroatoms. The van der Waals surface area contributed by atoms with Gasteiger partial charge in [-0.25, -0.2) is 0 Å². The number of nitrogens with one attached hydrogen (secondary N) is 1. The van der Waals surface area contributed by atoms with Crippen molar-refractivity contribution in [2.45, 2.75) is 19.3 Å². The van der Waals surface area contributed by atoms with Crippen LogP contribution in [0.1, 0.15) is 19.3 Å². The molecule has 1 N–H and O–H groups in total. The lowest BCUT2D eigenvalue weighted by Crippen LogP contribution is -2.08. The standard InChI is InChI=1S/C9H14BrN/c1-11-7-6-8-2-4-9(10)5-3-8/h2,4,11H,3,5-7H2,1H3. The van der Waals surface area contributed by atoms with E-state index in [1.54, 1.807) is 5.57 Å². The highest BCUT2D eigenvalue weighted by Gasteiger charge is 2.02. The Morgan fingerprint density at radius 2 is 2.27 bits per heavy atom.